The molecule has 0 saturated carbocycles. The Balaban J connectivity index is 2.52. The molecule has 0 bridgehead atoms. The van der Waals surface area contributed by atoms with Crippen LogP contribution < -0.4 is 0 Å². The average Bonchev–Trinajstić information content (AvgIpc) is 2.45. The van der Waals surface area contributed by atoms with Crippen LogP contribution in [0.3, 0.4) is 0 Å². The number of carbonyl (C=O) groups excluding carboxylic acids is 2. The predicted octanol–water partition coefficient (Wildman–Crippen LogP) is 3.06. The molecule has 0 aromatic heterocycles. The van der Waals surface area contributed by atoms with Gasteiger partial charge >= 0.3 is 0 Å². The minimum absolute atomic E-state index is 0.0388. The van der Waals surface area contributed by atoms with Crippen LogP contribution in [-0.2, 0) is 9.59 Å². The molecule has 1 saturated heterocycles. The Labute approximate surface area is 122 Å². The molecule has 19 heavy (non-hydrogen) atoms. The second kappa shape index (κ2) is 4.05. The minimum Gasteiger partial charge on any atom is -0.336 e. The van der Waals surface area contributed by atoms with Crippen LogP contribution in [0.2, 0.25) is 0 Å². The van der Waals surface area contributed by atoms with Crippen LogP contribution in [0.25, 0.3) is 0 Å². The SMILES string of the molecule is CC(C)(C)N1CC2(C=CC(=O)C(Br)=C2)C(C)(C)C1=O. The van der Waals surface area contributed by atoms with Crippen molar-refractivity contribution in [2.75, 3.05) is 6.54 Å². The van der Waals surface area contributed by atoms with Gasteiger partial charge in [0.15, 0.2) is 5.78 Å². The molecule has 2 aliphatic rings. The second-order valence-corrected chi connectivity index (χ2v) is 7.77. The maximum absolute atomic E-state index is 12.7. The van der Waals surface area contributed by atoms with Crippen molar-refractivity contribution in [3.63, 3.8) is 0 Å². The van der Waals surface area contributed by atoms with E-state index in [9.17, 15) is 9.59 Å². The lowest BCUT2D eigenvalue weighted by atomic mass is 9.66. The van der Waals surface area contributed by atoms with Gasteiger partial charge in [0, 0.05) is 17.5 Å². The molecule has 104 valence electrons. The number of carbonyl (C=O) groups is 2. The molecule has 1 aliphatic heterocycles. The molecule has 3 nitrogen and oxygen atoms in total. The fourth-order valence-corrected chi connectivity index (χ4v) is 3.29. The number of rotatable bonds is 0. The zero-order chi connectivity index (χ0) is 14.6. The number of nitrogens with zero attached hydrogens (tertiary/aromatic N) is 1. The second-order valence-electron chi connectivity index (χ2n) is 6.92. The van der Waals surface area contributed by atoms with E-state index in [4.69, 9.17) is 0 Å². The summed E-state index contributed by atoms with van der Waals surface area (Å²) in [6.45, 7) is 10.6. The third-order valence-electron chi connectivity index (χ3n) is 4.32. The molecule has 1 amide bonds. The van der Waals surface area contributed by atoms with Gasteiger partial charge in [-0.05, 0) is 56.6 Å². The summed E-state index contributed by atoms with van der Waals surface area (Å²) >= 11 is 3.31. The first-order valence-electron chi connectivity index (χ1n) is 6.45. The first-order valence-corrected chi connectivity index (χ1v) is 7.25. The van der Waals surface area contributed by atoms with Crippen LogP contribution in [0.15, 0.2) is 22.7 Å². The molecule has 2 rings (SSSR count). The highest BCUT2D eigenvalue weighted by Crippen LogP contribution is 2.52. The number of ketones is 1. The third-order valence-corrected chi connectivity index (χ3v) is 4.94. The lowest BCUT2D eigenvalue weighted by Crippen LogP contribution is -2.44. The summed E-state index contributed by atoms with van der Waals surface area (Å²) in [6, 6.07) is 0. The quantitative estimate of drug-likeness (QED) is 0.686. The maximum atomic E-state index is 12.7. The lowest BCUT2D eigenvalue weighted by Gasteiger charge is -2.35. The van der Waals surface area contributed by atoms with Crippen molar-refractivity contribution >= 4 is 27.6 Å². The highest BCUT2D eigenvalue weighted by molar-refractivity contribution is 9.12. The zero-order valence-electron chi connectivity index (χ0n) is 12.1. The zero-order valence-corrected chi connectivity index (χ0v) is 13.7. The number of hydrogen-bond acceptors (Lipinski definition) is 2. The van der Waals surface area contributed by atoms with Crippen LogP contribution in [-0.4, -0.2) is 28.7 Å². The lowest BCUT2D eigenvalue weighted by molar-refractivity contribution is -0.139. The summed E-state index contributed by atoms with van der Waals surface area (Å²) in [5.74, 6) is 0.0960. The van der Waals surface area contributed by atoms with Crippen molar-refractivity contribution in [1.29, 1.82) is 0 Å². The minimum atomic E-state index is -0.545. The van der Waals surface area contributed by atoms with E-state index in [1.165, 1.54) is 0 Å². The first-order chi connectivity index (χ1) is 8.51. The molecular weight excluding hydrogens is 306 g/mol. The molecule has 0 N–H and O–H groups in total. The van der Waals surface area contributed by atoms with E-state index >= 15 is 0 Å². The van der Waals surface area contributed by atoms with E-state index in [0.717, 1.165) is 0 Å². The van der Waals surface area contributed by atoms with E-state index in [2.05, 4.69) is 15.9 Å². The summed E-state index contributed by atoms with van der Waals surface area (Å²) in [7, 11) is 0. The smallest absolute Gasteiger partial charge is 0.229 e. The van der Waals surface area contributed by atoms with Crippen molar-refractivity contribution in [1.82, 2.24) is 4.90 Å². The fourth-order valence-electron chi connectivity index (χ4n) is 2.75. The summed E-state index contributed by atoms with van der Waals surface area (Å²) in [5.41, 5.74) is -1.17. The Bertz CT molecular complexity index is 511. The highest BCUT2D eigenvalue weighted by Gasteiger charge is 2.58. The molecule has 1 fully saturated rings. The number of likely N-dealkylation sites (tertiary alicyclic amines) is 1. The molecule has 0 aromatic rings. The first kappa shape index (κ1) is 14.5. The standard InChI is InChI=1S/C15H20BrNO2/c1-13(2,3)17-9-15(14(4,5)12(17)19)7-6-11(18)10(16)8-15/h6-8H,9H2,1-5H3. The molecule has 0 radical (unpaired) electrons. The topological polar surface area (TPSA) is 37.4 Å². The normalized spacial score (nSPS) is 30.2. The largest absolute Gasteiger partial charge is 0.336 e. The van der Waals surface area contributed by atoms with Crippen LogP contribution in [0.1, 0.15) is 34.6 Å². The van der Waals surface area contributed by atoms with Crippen molar-refractivity contribution in [3.05, 3.63) is 22.7 Å². The van der Waals surface area contributed by atoms with Gasteiger partial charge in [0.05, 0.1) is 9.90 Å². The molecule has 0 aromatic carbocycles. The molecular formula is C15H20BrNO2. The average molecular weight is 326 g/mol. The monoisotopic (exact) mass is 325 g/mol. The van der Waals surface area contributed by atoms with Crippen molar-refractivity contribution in [2.45, 2.75) is 40.2 Å². The van der Waals surface area contributed by atoms with Gasteiger partial charge in [-0.1, -0.05) is 12.2 Å². The van der Waals surface area contributed by atoms with Gasteiger partial charge < -0.3 is 4.90 Å². The predicted molar refractivity (Wildman–Crippen MR) is 78.8 cm³/mol. The molecule has 1 heterocycles. The van der Waals surface area contributed by atoms with Gasteiger partial charge in [-0.2, -0.15) is 0 Å². The van der Waals surface area contributed by atoms with Gasteiger partial charge in [-0.15, -0.1) is 0 Å². The number of amides is 1. The van der Waals surface area contributed by atoms with Gasteiger partial charge in [0.1, 0.15) is 0 Å². The van der Waals surface area contributed by atoms with Crippen LogP contribution >= 0.6 is 15.9 Å². The van der Waals surface area contributed by atoms with Crippen LogP contribution in [0.4, 0.5) is 0 Å². The van der Waals surface area contributed by atoms with E-state index in [1.54, 1.807) is 6.08 Å². The van der Waals surface area contributed by atoms with Crippen molar-refractivity contribution < 1.29 is 9.59 Å². The number of hydrogen-bond donors (Lipinski definition) is 0. The Morgan fingerprint density at radius 1 is 1.26 bits per heavy atom. The van der Waals surface area contributed by atoms with Crippen molar-refractivity contribution in [3.8, 4) is 0 Å². The molecule has 1 spiro atoms. The Hall–Kier alpha value is -0.900. The Morgan fingerprint density at radius 2 is 1.84 bits per heavy atom. The molecule has 1 atom stereocenters. The fraction of sp³-hybridized carbons (Fsp3) is 0.600. The molecule has 1 aliphatic carbocycles. The van der Waals surface area contributed by atoms with Gasteiger partial charge in [-0.3, -0.25) is 9.59 Å². The maximum Gasteiger partial charge on any atom is 0.229 e. The van der Waals surface area contributed by atoms with E-state index < -0.39 is 10.8 Å². The van der Waals surface area contributed by atoms with Crippen LogP contribution in [0.5, 0.6) is 0 Å². The Kier molecular flexibility index (Phi) is 3.09. The number of halogens is 1. The Morgan fingerprint density at radius 3 is 2.26 bits per heavy atom. The molecule has 4 heteroatoms. The summed E-state index contributed by atoms with van der Waals surface area (Å²) in [5, 5.41) is 0. The number of allylic oxidation sites excluding steroid dienone is 2. The third kappa shape index (κ3) is 2.00. The summed E-state index contributed by atoms with van der Waals surface area (Å²) in [4.78, 5) is 26.2. The van der Waals surface area contributed by atoms with Gasteiger partial charge in [-0.25, -0.2) is 0 Å². The van der Waals surface area contributed by atoms with Gasteiger partial charge in [0.25, 0.3) is 0 Å². The highest BCUT2D eigenvalue weighted by atomic mass is 79.9. The van der Waals surface area contributed by atoms with Crippen molar-refractivity contribution in [2.24, 2.45) is 10.8 Å². The van der Waals surface area contributed by atoms with E-state index in [0.29, 0.717) is 11.0 Å². The van der Waals surface area contributed by atoms with E-state index in [-0.39, 0.29) is 17.2 Å². The summed E-state index contributed by atoms with van der Waals surface area (Å²) in [6.07, 6.45) is 5.37. The van der Waals surface area contributed by atoms with Crippen LogP contribution in [0, 0.1) is 10.8 Å². The summed E-state index contributed by atoms with van der Waals surface area (Å²) < 4.78 is 0.548. The molecule has 1 unspecified atom stereocenters. The van der Waals surface area contributed by atoms with E-state index in [1.807, 2.05) is 51.7 Å². The van der Waals surface area contributed by atoms with Gasteiger partial charge in [0.2, 0.25) is 5.91 Å².